The number of carbonyl (C=O) groups is 1. The molecule has 0 aliphatic rings. The van der Waals surface area contributed by atoms with Crippen LogP contribution in [-0.4, -0.2) is 21.1 Å². The van der Waals surface area contributed by atoms with Crippen molar-refractivity contribution in [1.82, 2.24) is 9.97 Å². The van der Waals surface area contributed by atoms with Crippen LogP contribution in [0, 0.1) is 20.8 Å². The van der Waals surface area contributed by atoms with Crippen LogP contribution in [0.1, 0.15) is 23.7 Å². The minimum absolute atomic E-state index is 0.0777. The average Bonchev–Trinajstić information content (AvgIpc) is 2.41. The number of rotatable bonds is 4. The highest BCUT2D eigenvalue weighted by molar-refractivity contribution is 8.00. The third-order valence-electron chi connectivity index (χ3n) is 3.23. The van der Waals surface area contributed by atoms with E-state index in [1.54, 1.807) is 6.07 Å². The Morgan fingerprint density at radius 2 is 1.86 bits per heavy atom. The zero-order chi connectivity index (χ0) is 16.3. The van der Waals surface area contributed by atoms with E-state index in [2.05, 4.69) is 15.3 Å². The molecule has 3 N–H and O–H groups in total. The molecule has 0 aliphatic heterocycles. The predicted molar refractivity (Wildman–Crippen MR) is 91.0 cm³/mol. The second-order valence-corrected chi connectivity index (χ2v) is 6.54. The lowest BCUT2D eigenvalue weighted by atomic mass is 10.1. The molecule has 0 aliphatic carbocycles. The van der Waals surface area contributed by atoms with Gasteiger partial charge in [-0.15, -0.1) is 0 Å². The van der Waals surface area contributed by atoms with E-state index < -0.39 is 0 Å². The summed E-state index contributed by atoms with van der Waals surface area (Å²) >= 11 is 1.30. The molecule has 0 spiro atoms. The van der Waals surface area contributed by atoms with Gasteiger partial charge in [-0.2, -0.15) is 0 Å². The first kappa shape index (κ1) is 16.3. The van der Waals surface area contributed by atoms with Gasteiger partial charge in [0.2, 0.25) is 5.91 Å². The van der Waals surface area contributed by atoms with Gasteiger partial charge >= 0.3 is 0 Å². The third kappa shape index (κ3) is 3.98. The number of amides is 1. The molecule has 1 amide bonds. The highest BCUT2D eigenvalue weighted by atomic mass is 32.2. The number of hydrogen-bond acceptors (Lipinski definition) is 5. The van der Waals surface area contributed by atoms with E-state index >= 15 is 0 Å². The first-order chi connectivity index (χ1) is 10.4. The van der Waals surface area contributed by atoms with Gasteiger partial charge in [-0.25, -0.2) is 9.97 Å². The molecule has 0 fully saturated rings. The quantitative estimate of drug-likeness (QED) is 0.669. The normalized spacial score (nSPS) is 12.0. The summed E-state index contributed by atoms with van der Waals surface area (Å²) in [6.07, 6.45) is 0. The van der Waals surface area contributed by atoms with Gasteiger partial charge in [0.15, 0.2) is 5.16 Å². The standard InChI is InChI=1S/C16H20N4OS/c1-9-6-5-7-10(2)14(9)20-15(21)12(4)22-16-18-11(3)8-13(17)19-16/h5-8,12H,1-4H3,(H,20,21)(H2,17,18,19). The monoisotopic (exact) mass is 316 g/mol. The van der Waals surface area contributed by atoms with Gasteiger partial charge < -0.3 is 11.1 Å². The minimum Gasteiger partial charge on any atom is -0.384 e. The van der Waals surface area contributed by atoms with Crippen molar-refractivity contribution in [2.45, 2.75) is 38.1 Å². The van der Waals surface area contributed by atoms with E-state index in [4.69, 9.17) is 5.73 Å². The molecule has 2 aromatic rings. The van der Waals surface area contributed by atoms with Crippen molar-refractivity contribution in [2.75, 3.05) is 11.1 Å². The average molecular weight is 316 g/mol. The first-order valence-electron chi connectivity index (χ1n) is 7.01. The van der Waals surface area contributed by atoms with Crippen molar-refractivity contribution in [1.29, 1.82) is 0 Å². The summed E-state index contributed by atoms with van der Waals surface area (Å²) in [5.41, 5.74) is 9.45. The zero-order valence-corrected chi connectivity index (χ0v) is 14.0. The lowest BCUT2D eigenvalue weighted by Crippen LogP contribution is -2.23. The van der Waals surface area contributed by atoms with E-state index in [0.717, 1.165) is 22.5 Å². The molecule has 116 valence electrons. The van der Waals surface area contributed by atoms with Gasteiger partial charge in [-0.1, -0.05) is 30.0 Å². The van der Waals surface area contributed by atoms with Crippen LogP contribution in [0.5, 0.6) is 0 Å². The Kier molecular flexibility index (Phi) is 5.03. The molecular weight excluding hydrogens is 296 g/mol. The number of aryl methyl sites for hydroxylation is 3. The molecule has 1 heterocycles. The molecule has 1 aromatic heterocycles. The molecule has 2 rings (SSSR count). The van der Waals surface area contributed by atoms with Gasteiger partial charge in [0.05, 0.1) is 5.25 Å². The van der Waals surface area contributed by atoms with Gasteiger partial charge in [-0.05, 0) is 38.8 Å². The highest BCUT2D eigenvalue weighted by Crippen LogP contribution is 2.24. The summed E-state index contributed by atoms with van der Waals surface area (Å²) in [7, 11) is 0. The minimum atomic E-state index is -0.319. The van der Waals surface area contributed by atoms with Crippen molar-refractivity contribution < 1.29 is 4.79 Å². The Morgan fingerprint density at radius 1 is 1.23 bits per heavy atom. The van der Waals surface area contributed by atoms with Crippen LogP contribution < -0.4 is 11.1 Å². The highest BCUT2D eigenvalue weighted by Gasteiger charge is 2.18. The second kappa shape index (κ2) is 6.79. The second-order valence-electron chi connectivity index (χ2n) is 5.23. The summed E-state index contributed by atoms with van der Waals surface area (Å²) in [5.74, 6) is 0.337. The van der Waals surface area contributed by atoms with E-state index in [1.165, 1.54) is 11.8 Å². The fourth-order valence-corrected chi connectivity index (χ4v) is 2.90. The number of nitrogens with two attached hydrogens (primary N) is 1. The maximum Gasteiger partial charge on any atom is 0.237 e. The van der Waals surface area contributed by atoms with Crippen LogP contribution in [0.4, 0.5) is 11.5 Å². The number of anilines is 2. The van der Waals surface area contributed by atoms with Gasteiger partial charge in [0, 0.05) is 17.4 Å². The summed E-state index contributed by atoms with van der Waals surface area (Å²) in [4.78, 5) is 20.8. The molecule has 0 radical (unpaired) electrons. The SMILES string of the molecule is Cc1cc(N)nc(SC(C)C(=O)Nc2c(C)cccc2C)n1. The van der Waals surface area contributed by atoms with Crippen LogP contribution in [0.25, 0.3) is 0 Å². The molecule has 1 aromatic carbocycles. The number of thioether (sulfide) groups is 1. The number of carbonyl (C=O) groups excluding carboxylic acids is 1. The maximum atomic E-state index is 12.4. The van der Waals surface area contributed by atoms with Gasteiger partial charge in [-0.3, -0.25) is 4.79 Å². The van der Waals surface area contributed by atoms with E-state index in [-0.39, 0.29) is 11.2 Å². The first-order valence-corrected chi connectivity index (χ1v) is 7.89. The fourth-order valence-electron chi connectivity index (χ4n) is 2.07. The van der Waals surface area contributed by atoms with Gasteiger partial charge in [0.1, 0.15) is 5.82 Å². The van der Waals surface area contributed by atoms with Crippen LogP contribution in [0.15, 0.2) is 29.4 Å². The van der Waals surface area contributed by atoms with Crippen molar-refractivity contribution in [3.63, 3.8) is 0 Å². The molecule has 6 heteroatoms. The Bertz CT molecular complexity index is 662. The Hall–Kier alpha value is -2.08. The molecule has 1 atom stereocenters. The predicted octanol–water partition coefficient (Wildman–Crippen LogP) is 3.10. The summed E-state index contributed by atoms with van der Waals surface area (Å²) in [6, 6.07) is 7.63. The molecule has 1 unspecified atom stereocenters. The van der Waals surface area contributed by atoms with Crippen molar-refractivity contribution >= 4 is 29.2 Å². The molecule has 5 nitrogen and oxygen atoms in total. The maximum absolute atomic E-state index is 12.4. The molecule has 0 saturated heterocycles. The lowest BCUT2D eigenvalue weighted by molar-refractivity contribution is -0.115. The number of hydrogen-bond donors (Lipinski definition) is 2. The molecular formula is C16H20N4OS. The summed E-state index contributed by atoms with van der Waals surface area (Å²) < 4.78 is 0. The topological polar surface area (TPSA) is 80.9 Å². The summed E-state index contributed by atoms with van der Waals surface area (Å²) in [6.45, 7) is 7.63. The number of nitrogen functional groups attached to an aromatic ring is 1. The summed E-state index contributed by atoms with van der Waals surface area (Å²) in [5, 5.41) is 3.18. The van der Waals surface area contributed by atoms with E-state index in [0.29, 0.717) is 11.0 Å². The number of aromatic nitrogens is 2. The Morgan fingerprint density at radius 3 is 2.45 bits per heavy atom. The fraction of sp³-hybridized carbons (Fsp3) is 0.312. The van der Waals surface area contributed by atoms with Gasteiger partial charge in [0.25, 0.3) is 0 Å². The molecule has 22 heavy (non-hydrogen) atoms. The van der Waals surface area contributed by atoms with Crippen LogP contribution in [0.3, 0.4) is 0 Å². The van der Waals surface area contributed by atoms with Crippen LogP contribution in [0.2, 0.25) is 0 Å². The largest absolute Gasteiger partial charge is 0.384 e. The lowest BCUT2D eigenvalue weighted by Gasteiger charge is -2.15. The number of nitrogens with one attached hydrogen (secondary N) is 1. The number of nitrogens with zero attached hydrogens (tertiary/aromatic N) is 2. The number of para-hydroxylation sites is 1. The van der Waals surface area contributed by atoms with E-state index in [9.17, 15) is 4.79 Å². The Labute approximate surface area is 134 Å². The third-order valence-corrected chi connectivity index (χ3v) is 4.20. The Balaban J connectivity index is 2.09. The number of benzene rings is 1. The van der Waals surface area contributed by atoms with Crippen molar-refractivity contribution in [3.8, 4) is 0 Å². The molecule has 0 bridgehead atoms. The zero-order valence-electron chi connectivity index (χ0n) is 13.2. The van der Waals surface area contributed by atoms with Crippen LogP contribution in [-0.2, 0) is 4.79 Å². The van der Waals surface area contributed by atoms with Crippen LogP contribution >= 0.6 is 11.8 Å². The smallest absolute Gasteiger partial charge is 0.237 e. The van der Waals surface area contributed by atoms with Crippen molar-refractivity contribution in [2.24, 2.45) is 0 Å². The molecule has 0 saturated carbocycles. The van der Waals surface area contributed by atoms with Crippen molar-refractivity contribution in [3.05, 3.63) is 41.1 Å². The van der Waals surface area contributed by atoms with E-state index in [1.807, 2.05) is 45.9 Å².